The SMILES string of the molecule is Cc1ccccc1Nc1cc(-c2cccnc2)ccn1. The molecule has 0 aliphatic rings. The van der Waals surface area contributed by atoms with Gasteiger partial charge in [0.2, 0.25) is 0 Å². The summed E-state index contributed by atoms with van der Waals surface area (Å²) >= 11 is 0. The van der Waals surface area contributed by atoms with Gasteiger partial charge in [-0.25, -0.2) is 4.98 Å². The second-order valence-electron chi connectivity index (χ2n) is 4.61. The maximum absolute atomic E-state index is 4.37. The van der Waals surface area contributed by atoms with Gasteiger partial charge in [-0.15, -0.1) is 0 Å². The van der Waals surface area contributed by atoms with E-state index < -0.39 is 0 Å². The van der Waals surface area contributed by atoms with Crippen molar-refractivity contribution in [1.29, 1.82) is 0 Å². The van der Waals surface area contributed by atoms with Crippen LogP contribution in [0.2, 0.25) is 0 Å². The largest absolute Gasteiger partial charge is 0.340 e. The van der Waals surface area contributed by atoms with E-state index in [2.05, 4.69) is 28.3 Å². The van der Waals surface area contributed by atoms with Gasteiger partial charge in [0, 0.05) is 29.8 Å². The zero-order valence-electron chi connectivity index (χ0n) is 11.2. The fourth-order valence-electron chi connectivity index (χ4n) is 2.06. The van der Waals surface area contributed by atoms with E-state index in [0.29, 0.717) is 0 Å². The Morgan fingerprint density at radius 1 is 0.900 bits per heavy atom. The Hall–Kier alpha value is -2.68. The standard InChI is InChI=1S/C17H15N3/c1-13-5-2-3-7-16(13)20-17-11-14(8-10-19-17)15-6-4-9-18-12-15/h2-12H,1H3,(H,19,20). The molecular weight excluding hydrogens is 246 g/mol. The molecule has 0 spiro atoms. The first-order valence-electron chi connectivity index (χ1n) is 6.52. The van der Waals surface area contributed by atoms with Crippen molar-refractivity contribution in [3.05, 3.63) is 72.7 Å². The lowest BCUT2D eigenvalue weighted by atomic mass is 10.1. The molecule has 0 bridgehead atoms. The highest BCUT2D eigenvalue weighted by Gasteiger charge is 2.02. The lowest BCUT2D eigenvalue weighted by molar-refractivity contribution is 1.28. The van der Waals surface area contributed by atoms with Crippen LogP contribution in [-0.4, -0.2) is 9.97 Å². The van der Waals surface area contributed by atoms with Crippen LogP contribution < -0.4 is 5.32 Å². The molecule has 2 aromatic heterocycles. The van der Waals surface area contributed by atoms with Gasteiger partial charge >= 0.3 is 0 Å². The lowest BCUT2D eigenvalue weighted by Crippen LogP contribution is -1.95. The van der Waals surface area contributed by atoms with Crippen LogP contribution in [0.5, 0.6) is 0 Å². The number of para-hydroxylation sites is 1. The van der Waals surface area contributed by atoms with Crippen LogP contribution in [-0.2, 0) is 0 Å². The fourth-order valence-corrected chi connectivity index (χ4v) is 2.06. The first kappa shape index (κ1) is 12.4. The molecule has 0 saturated carbocycles. The summed E-state index contributed by atoms with van der Waals surface area (Å²) in [5, 5.41) is 3.35. The van der Waals surface area contributed by atoms with Gasteiger partial charge < -0.3 is 5.32 Å². The third-order valence-electron chi connectivity index (χ3n) is 3.16. The van der Waals surface area contributed by atoms with Crippen LogP contribution in [0, 0.1) is 6.92 Å². The number of rotatable bonds is 3. The predicted octanol–water partition coefficient (Wildman–Crippen LogP) is 4.20. The van der Waals surface area contributed by atoms with Gasteiger partial charge in [0.25, 0.3) is 0 Å². The summed E-state index contributed by atoms with van der Waals surface area (Å²) < 4.78 is 0. The highest BCUT2D eigenvalue weighted by Crippen LogP contribution is 2.23. The van der Waals surface area contributed by atoms with Crippen LogP contribution in [0.4, 0.5) is 11.5 Å². The lowest BCUT2D eigenvalue weighted by Gasteiger charge is -2.09. The molecule has 3 nitrogen and oxygen atoms in total. The van der Waals surface area contributed by atoms with Gasteiger partial charge in [0.1, 0.15) is 5.82 Å². The highest BCUT2D eigenvalue weighted by atomic mass is 15.0. The summed E-state index contributed by atoms with van der Waals surface area (Å²) in [5.41, 5.74) is 4.45. The number of aryl methyl sites for hydroxylation is 1. The van der Waals surface area contributed by atoms with E-state index in [1.807, 2.05) is 54.9 Å². The normalized spacial score (nSPS) is 10.2. The monoisotopic (exact) mass is 261 g/mol. The number of nitrogens with zero attached hydrogens (tertiary/aromatic N) is 2. The number of benzene rings is 1. The summed E-state index contributed by atoms with van der Waals surface area (Å²) in [7, 11) is 0. The molecular formula is C17H15N3. The molecule has 3 aromatic rings. The summed E-state index contributed by atoms with van der Waals surface area (Å²) in [6, 6.07) is 16.2. The minimum Gasteiger partial charge on any atom is -0.340 e. The van der Waals surface area contributed by atoms with Gasteiger partial charge in [0.15, 0.2) is 0 Å². The number of aromatic nitrogens is 2. The number of nitrogens with one attached hydrogen (secondary N) is 1. The van der Waals surface area contributed by atoms with Crippen LogP contribution in [0.1, 0.15) is 5.56 Å². The van der Waals surface area contributed by atoms with Gasteiger partial charge in [-0.05, 0) is 42.3 Å². The second-order valence-corrected chi connectivity index (χ2v) is 4.61. The Labute approximate surface area is 118 Å². The van der Waals surface area contributed by atoms with E-state index in [4.69, 9.17) is 0 Å². The molecule has 98 valence electrons. The predicted molar refractivity (Wildman–Crippen MR) is 81.9 cm³/mol. The average molecular weight is 261 g/mol. The van der Waals surface area contributed by atoms with E-state index in [-0.39, 0.29) is 0 Å². The zero-order valence-corrected chi connectivity index (χ0v) is 11.2. The Morgan fingerprint density at radius 2 is 1.80 bits per heavy atom. The number of hydrogen-bond acceptors (Lipinski definition) is 3. The summed E-state index contributed by atoms with van der Waals surface area (Å²) in [6.45, 7) is 2.08. The Balaban J connectivity index is 1.91. The van der Waals surface area contributed by atoms with Gasteiger partial charge in [-0.3, -0.25) is 4.98 Å². The Kier molecular flexibility index (Phi) is 3.42. The molecule has 1 N–H and O–H groups in total. The van der Waals surface area contributed by atoms with E-state index in [9.17, 15) is 0 Å². The van der Waals surface area contributed by atoms with Gasteiger partial charge in [-0.2, -0.15) is 0 Å². The fraction of sp³-hybridized carbons (Fsp3) is 0.0588. The molecule has 0 aliphatic heterocycles. The molecule has 3 rings (SSSR count). The van der Waals surface area contributed by atoms with E-state index in [1.165, 1.54) is 5.56 Å². The van der Waals surface area contributed by atoms with Crippen molar-refractivity contribution in [2.75, 3.05) is 5.32 Å². The first-order chi connectivity index (χ1) is 9.83. The van der Waals surface area contributed by atoms with Crippen molar-refractivity contribution >= 4 is 11.5 Å². The Bertz CT molecular complexity index is 708. The molecule has 1 aromatic carbocycles. The highest BCUT2D eigenvalue weighted by molar-refractivity contribution is 5.68. The molecule has 0 atom stereocenters. The maximum Gasteiger partial charge on any atom is 0.130 e. The van der Waals surface area contributed by atoms with Gasteiger partial charge in [0.05, 0.1) is 0 Å². The molecule has 0 saturated heterocycles. The van der Waals surface area contributed by atoms with Crippen LogP contribution in [0.15, 0.2) is 67.1 Å². The summed E-state index contributed by atoms with van der Waals surface area (Å²) in [5.74, 6) is 0.834. The van der Waals surface area contributed by atoms with E-state index in [1.54, 1.807) is 6.20 Å². The molecule has 0 radical (unpaired) electrons. The van der Waals surface area contributed by atoms with Crippen molar-refractivity contribution < 1.29 is 0 Å². The third kappa shape index (κ3) is 2.67. The van der Waals surface area contributed by atoms with Crippen LogP contribution in [0.3, 0.4) is 0 Å². The summed E-state index contributed by atoms with van der Waals surface area (Å²) in [6.07, 6.45) is 5.44. The molecule has 3 heteroatoms. The minimum atomic E-state index is 0.834. The topological polar surface area (TPSA) is 37.8 Å². The average Bonchev–Trinajstić information content (AvgIpc) is 2.51. The smallest absolute Gasteiger partial charge is 0.130 e. The number of hydrogen-bond donors (Lipinski definition) is 1. The van der Waals surface area contributed by atoms with Crippen LogP contribution in [0.25, 0.3) is 11.1 Å². The molecule has 20 heavy (non-hydrogen) atoms. The quantitative estimate of drug-likeness (QED) is 0.768. The Morgan fingerprint density at radius 3 is 2.60 bits per heavy atom. The number of anilines is 2. The van der Waals surface area contributed by atoms with Crippen molar-refractivity contribution in [1.82, 2.24) is 9.97 Å². The maximum atomic E-state index is 4.37. The summed E-state index contributed by atoms with van der Waals surface area (Å²) in [4.78, 5) is 8.52. The van der Waals surface area contributed by atoms with Crippen molar-refractivity contribution in [3.8, 4) is 11.1 Å². The van der Waals surface area contributed by atoms with E-state index >= 15 is 0 Å². The molecule has 0 fully saturated rings. The van der Waals surface area contributed by atoms with Crippen LogP contribution >= 0.6 is 0 Å². The number of pyridine rings is 2. The van der Waals surface area contributed by atoms with Crippen molar-refractivity contribution in [2.24, 2.45) is 0 Å². The molecule has 0 aliphatic carbocycles. The van der Waals surface area contributed by atoms with Crippen molar-refractivity contribution in [2.45, 2.75) is 6.92 Å². The third-order valence-corrected chi connectivity index (χ3v) is 3.16. The molecule has 0 amide bonds. The minimum absolute atomic E-state index is 0.834. The van der Waals surface area contributed by atoms with Gasteiger partial charge in [-0.1, -0.05) is 24.3 Å². The van der Waals surface area contributed by atoms with E-state index in [0.717, 1.165) is 22.6 Å². The first-order valence-corrected chi connectivity index (χ1v) is 6.52. The molecule has 0 unspecified atom stereocenters. The zero-order chi connectivity index (χ0) is 13.8. The molecule has 2 heterocycles. The van der Waals surface area contributed by atoms with Crippen molar-refractivity contribution in [3.63, 3.8) is 0 Å². The second kappa shape index (κ2) is 5.53.